The van der Waals surface area contributed by atoms with Gasteiger partial charge in [-0.1, -0.05) is 30.3 Å². The van der Waals surface area contributed by atoms with E-state index >= 15 is 0 Å². The molecule has 186 valence electrons. The normalized spacial score (nSPS) is 18.8. The number of rotatable bonds is 6. The second kappa shape index (κ2) is 9.80. The molecule has 0 amide bonds. The Labute approximate surface area is 200 Å². The number of sulfonamides is 1. The zero-order chi connectivity index (χ0) is 25.2. The van der Waals surface area contributed by atoms with Crippen LogP contribution in [-0.4, -0.2) is 48.9 Å². The van der Waals surface area contributed by atoms with Crippen LogP contribution in [0.1, 0.15) is 17.5 Å². The number of anilines is 2. The molecule has 0 unspecified atom stereocenters. The van der Waals surface area contributed by atoms with Gasteiger partial charge in [-0.05, 0) is 43.2 Å². The van der Waals surface area contributed by atoms with Crippen molar-refractivity contribution in [3.8, 4) is 11.3 Å². The maximum atomic E-state index is 13.6. The van der Waals surface area contributed by atoms with Crippen LogP contribution in [0.3, 0.4) is 0 Å². The first kappa shape index (κ1) is 24.9. The third-order valence-electron chi connectivity index (χ3n) is 5.50. The minimum atomic E-state index is -4.68. The Morgan fingerprint density at radius 1 is 1.03 bits per heavy atom. The lowest BCUT2D eigenvalue weighted by Crippen LogP contribution is -2.42. The average Bonchev–Trinajstić information content (AvgIpc) is 2.80. The van der Waals surface area contributed by atoms with Crippen molar-refractivity contribution in [3.05, 3.63) is 65.7 Å². The van der Waals surface area contributed by atoms with Gasteiger partial charge in [0.25, 0.3) is 10.0 Å². The van der Waals surface area contributed by atoms with Crippen LogP contribution in [0.2, 0.25) is 0 Å². The summed E-state index contributed by atoms with van der Waals surface area (Å²) >= 11 is 0. The molecule has 1 aliphatic heterocycles. The van der Waals surface area contributed by atoms with E-state index in [1.54, 1.807) is 31.2 Å². The Hall–Kier alpha value is -3.22. The number of halogens is 3. The van der Waals surface area contributed by atoms with Gasteiger partial charge in [-0.2, -0.15) is 21.6 Å². The first-order valence-corrected chi connectivity index (χ1v) is 12.2. The zero-order valence-corrected chi connectivity index (χ0v) is 19.4. The maximum Gasteiger partial charge on any atom is 0.418 e. The van der Waals surface area contributed by atoms with Crippen molar-refractivity contribution in [2.24, 2.45) is 0 Å². The summed E-state index contributed by atoms with van der Waals surface area (Å²) in [4.78, 5) is 8.11. The Morgan fingerprint density at radius 2 is 1.80 bits per heavy atom. The highest BCUT2D eigenvalue weighted by molar-refractivity contribution is 7.92. The first-order valence-electron chi connectivity index (χ1n) is 10.7. The van der Waals surface area contributed by atoms with Crippen molar-refractivity contribution in [2.75, 3.05) is 23.3 Å². The Bertz CT molecular complexity index is 1320. The number of nitrogens with one attached hydrogen (secondary N) is 2. The molecule has 1 saturated heterocycles. The maximum absolute atomic E-state index is 13.6. The molecular formula is C23H23F3N4O4S. The van der Waals surface area contributed by atoms with Gasteiger partial charge in [0.2, 0.25) is 0 Å². The molecule has 3 heterocycles. The summed E-state index contributed by atoms with van der Waals surface area (Å²) in [5.74, 6) is -0.0592. The Kier molecular flexibility index (Phi) is 6.97. The van der Waals surface area contributed by atoms with Gasteiger partial charge in [-0.15, -0.1) is 0 Å². The second-order valence-electron chi connectivity index (χ2n) is 8.05. The van der Waals surface area contributed by atoms with E-state index in [2.05, 4.69) is 20.0 Å². The molecule has 0 radical (unpaired) electrons. The summed E-state index contributed by atoms with van der Waals surface area (Å²) in [6.07, 6.45) is -4.95. The number of ether oxygens (including phenoxy) is 1. The number of aromatic nitrogens is 2. The van der Waals surface area contributed by atoms with Crippen LogP contribution >= 0.6 is 0 Å². The predicted molar refractivity (Wildman–Crippen MR) is 123 cm³/mol. The van der Waals surface area contributed by atoms with Crippen molar-refractivity contribution in [3.63, 3.8) is 0 Å². The van der Waals surface area contributed by atoms with Gasteiger partial charge in [0, 0.05) is 12.2 Å². The smallest absolute Gasteiger partial charge is 0.389 e. The van der Waals surface area contributed by atoms with Gasteiger partial charge >= 0.3 is 6.18 Å². The fraction of sp³-hybridized carbons (Fsp3) is 0.304. The highest BCUT2D eigenvalue weighted by Gasteiger charge is 2.35. The van der Waals surface area contributed by atoms with Gasteiger partial charge in [-0.3, -0.25) is 4.72 Å². The molecular weight excluding hydrogens is 485 g/mol. The van der Waals surface area contributed by atoms with Crippen LogP contribution in [0.15, 0.2) is 59.6 Å². The van der Waals surface area contributed by atoms with E-state index in [1.807, 2.05) is 0 Å². The molecule has 12 heteroatoms. The van der Waals surface area contributed by atoms with E-state index in [0.29, 0.717) is 18.6 Å². The van der Waals surface area contributed by atoms with Crippen molar-refractivity contribution in [1.82, 2.24) is 9.97 Å². The van der Waals surface area contributed by atoms with Crippen LogP contribution in [0.5, 0.6) is 0 Å². The number of benzene rings is 1. The SMILES string of the molecule is Cc1ccccc1-c1nc(NS(=O)(=O)c2cccc(N[C@H]3CCOC[C@H]3O)n2)ccc1C(F)(F)F. The van der Waals surface area contributed by atoms with Gasteiger partial charge in [-0.25, -0.2) is 9.97 Å². The van der Waals surface area contributed by atoms with E-state index in [-0.39, 0.29) is 40.6 Å². The first-order chi connectivity index (χ1) is 16.5. The number of hydrogen-bond donors (Lipinski definition) is 3. The quantitative estimate of drug-likeness (QED) is 0.464. The van der Waals surface area contributed by atoms with Gasteiger partial charge in [0.15, 0.2) is 5.03 Å². The average molecular weight is 509 g/mol. The van der Waals surface area contributed by atoms with E-state index in [4.69, 9.17) is 4.74 Å². The summed E-state index contributed by atoms with van der Waals surface area (Å²) in [6.45, 7) is 2.24. The van der Waals surface area contributed by atoms with E-state index < -0.39 is 27.9 Å². The number of aliphatic hydroxyl groups is 1. The second-order valence-corrected chi connectivity index (χ2v) is 9.68. The van der Waals surface area contributed by atoms with E-state index in [9.17, 15) is 26.7 Å². The number of aliphatic hydroxyl groups excluding tert-OH is 1. The molecule has 8 nitrogen and oxygen atoms in total. The molecule has 4 rings (SSSR count). The van der Waals surface area contributed by atoms with Crippen LogP contribution < -0.4 is 10.0 Å². The van der Waals surface area contributed by atoms with Crippen LogP contribution in [0, 0.1) is 6.92 Å². The number of nitrogens with zero attached hydrogens (tertiary/aromatic N) is 2. The topological polar surface area (TPSA) is 113 Å². The van der Waals surface area contributed by atoms with Crippen LogP contribution in [0.25, 0.3) is 11.3 Å². The molecule has 3 N–H and O–H groups in total. The molecule has 1 aliphatic rings. The molecule has 0 spiro atoms. The minimum absolute atomic E-state index is 0.153. The van der Waals surface area contributed by atoms with Crippen LogP contribution in [-0.2, 0) is 20.9 Å². The summed E-state index contributed by atoms with van der Waals surface area (Å²) in [5.41, 5.74) is -0.566. The number of pyridine rings is 2. The largest absolute Gasteiger partial charge is 0.418 e. The summed E-state index contributed by atoms with van der Waals surface area (Å²) in [7, 11) is -4.28. The number of alkyl halides is 3. The van der Waals surface area contributed by atoms with Gasteiger partial charge in [0.1, 0.15) is 11.6 Å². The van der Waals surface area contributed by atoms with Gasteiger partial charge < -0.3 is 15.2 Å². The van der Waals surface area contributed by atoms with Crippen molar-refractivity contribution in [1.29, 1.82) is 0 Å². The fourth-order valence-corrected chi connectivity index (χ4v) is 4.67. The molecule has 3 aromatic rings. The third kappa shape index (κ3) is 5.72. The zero-order valence-electron chi connectivity index (χ0n) is 18.6. The third-order valence-corrected chi connectivity index (χ3v) is 6.75. The molecule has 0 bridgehead atoms. The lowest BCUT2D eigenvalue weighted by Gasteiger charge is -2.28. The molecule has 2 aromatic heterocycles. The number of hydrogen-bond acceptors (Lipinski definition) is 7. The molecule has 35 heavy (non-hydrogen) atoms. The lowest BCUT2D eigenvalue weighted by molar-refractivity contribution is -0.137. The highest BCUT2D eigenvalue weighted by atomic mass is 32.2. The van der Waals surface area contributed by atoms with Gasteiger partial charge in [0.05, 0.1) is 30.0 Å². The highest BCUT2D eigenvalue weighted by Crippen LogP contribution is 2.38. The van der Waals surface area contributed by atoms with Crippen LogP contribution in [0.4, 0.5) is 24.8 Å². The molecule has 0 saturated carbocycles. The van der Waals surface area contributed by atoms with Crippen molar-refractivity contribution in [2.45, 2.75) is 36.7 Å². The standard InChI is InChI=1S/C23H23F3N4O4S/c1-14-5-2-3-6-15(14)22-16(23(24,25)26)9-10-20(29-22)30-35(32,33)21-8-4-7-19(28-21)27-17-11-12-34-13-18(17)31/h2-10,17-18,31H,11-13H2,1H3,(H,27,28)(H,29,30)/t17-,18+/m0/s1. The Morgan fingerprint density at radius 3 is 2.51 bits per heavy atom. The van der Waals surface area contributed by atoms with Crippen molar-refractivity contribution < 1.29 is 31.4 Å². The van der Waals surface area contributed by atoms with Crippen molar-refractivity contribution >= 4 is 21.7 Å². The minimum Gasteiger partial charge on any atom is -0.389 e. The molecule has 2 atom stereocenters. The molecule has 1 aromatic carbocycles. The lowest BCUT2D eigenvalue weighted by atomic mass is 10.0. The molecule has 0 aliphatic carbocycles. The van der Waals surface area contributed by atoms with E-state index in [0.717, 1.165) is 12.1 Å². The number of aryl methyl sites for hydroxylation is 1. The summed E-state index contributed by atoms with van der Waals surface area (Å²) in [5, 5.41) is 12.7. The Balaban J connectivity index is 1.64. The fourth-order valence-electron chi connectivity index (χ4n) is 3.70. The monoisotopic (exact) mass is 508 g/mol. The van der Waals surface area contributed by atoms with E-state index in [1.165, 1.54) is 18.2 Å². The summed E-state index contributed by atoms with van der Waals surface area (Å²) < 4.78 is 74.3. The molecule has 1 fully saturated rings. The summed E-state index contributed by atoms with van der Waals surface area (Å²) in [6, 6.07) is 12.1. The predicted octanol–water partition coefficient (Wildman–Crippen LogP) is 3.83.